The number of halogens is 1. The maximum atomic E-state index is 5.78. The third kappa shape index (κ3) is 2.71. The average molecular weight is 338 g/mol. The maximum Gasteiger partial charge on any atom is 0.124 e. The topological polar surface area (TPSA) is 21.3 Å². The van der Waals surface area contributed by atoms with Crippen LogP contribution in [0.3, 0.4) is 0 Å². The van der Waals surface area contributed by atoms with Gasteiger partial charge in [0.05, 0.1) is 6.61 Å². The molecule has 1 aromatic carbocycles. The SMILES string of the molecule is CC1COc2ccccc2C1NCc1sccc1Br. The molecule has 0 spiro atoms. The van der Waals surface area contributed by atoms with Crippen LogP contribution in [0.4, 0.5) is 0 Å². The lowest BCUT2D eigenvalue weighted by molar-refractivity contribution is 0.188. The molecule has 1 aromatic heterocycles. The number of hydrogen-bond donors (Lipinski definition) is 1. The summed E-state index contributed by atoms with van der Waals surface area (Å²) in [6, 6.07) is 10.8. The van der Waals surface area contributed by atoms with Crippen LogP contribution in [0.5, 0.6) is 5.75 Å². The summed E-state index contributed by atoms with van der Waals surface area (Å²) in [5.41, 5.74) is 1.27. The highest BCUT2D eigenvalue weighted by Gasteiger charge is 2.27. The maximum absolute atomic E-state index is 5.78. The van der Waals surface area contributed by atoms with Crippen LogP contribution < -0.4 is 10.1 Å². The van der Waals surface area contributed by atoms with E-state index >= 15 is 0 Å². The van der Waals surface area contributed by atoms with E-state index in [1.54, 1.807) is 11.3 Å². The van der Waals surface area contributed by atoms with Crippen molar-refractivity contribution in [2.24, 2.45) is 5.92 Å². The van der Waals surface area contributed by atoms with Crippen molar-refractivity contribution in [1.29, 1.82) is 0 Å². The van der Waals surface area contributed by atoms with Crippen LogP contribution in [0.2, 0.25) is 0 Å². The Morgan fingerprint density at radius 1 is 1.37 bits per heavy atom. The van der Waals surface area contributed by atoms with E-state index in [1.807, 2.05) is 6.07 Å². The van der Waals surface area contributed by atoms with Gasteiger partial charge in [-0.1, -0.05) is 25.1 Å². The van der Waals surface area contributed by atoms with Gasteiger partial charge in [-0.25, -0.2) is 0 Å². The summed E-state index contributed by atoms with van der Waals surface area (Å²) in [5.74, 6) is 1.50. The van der Waals surface area contributed by atoms with E-state index in [1.165, 1.54) is 14.9 Å². The largest absolute Gasteiger partial charge is 0.493 e. The zero-order valence-electron chi connectivity index (χ0n) is 10.7. The Balaban J connectivity index is 1.78. The summed E-state index contributed by atoms with van der Waals surface area (Å²) in [4.78, 5) is 1.34. The molecular weight excluding hydrogens is 322 g/mol. The van der Waals surface area contributed by atoms with Crippen LogP contribution in [-0.4, -0.2) is 6.61 Å². The van der Waals surface area contributed by atoms with Gasteiger partial charge < -0.3 is 10.1 Å². The quantitative estimate of drug-likeness (QED) is 0.897. The summed E-state index contributed by atoms with van der Waals surface area (Å²) in [6.45, 7) is 3.90. The van der Waals surface area contributed by atoms with Gasteiger partial charge >= 0.3 is 0 Å². The lowest BCUT2D eigenvalue weighted by Gasteiger charge is -2.32. The number of rotatable bonds is 3. The molecule has 0 bridgehead atoms. The third-order valence-corrected chi connectivity index (χ3v) is 5.42. The lowest BCUT2D eigenvalue weighted by Crippen LogP contribution is -2.33. The Labute approximate surface area is 125 Å². The molecule has 2 nitrogen and oxygen atoms in total. The molecule has 2 heterocycles. The first-order chi connectivity index (χ1) is 9.25. The molecule has 3 rings (SSSR count). The molecule has 2 unspecified atom stereocenters. The average Bonchev–Trinajstić information content (AvgIpc) is 2.83. The van der Waals surface area contributed by atoms with Gasteiger partial charge in [0.2, 0.25) is 0 Å². The van der Waals surface area contributed by atoms with Crippen LogP contribution in [0.15, 0.2) is 40.2 Å². The number of hydrogen-bond acceptors (Lipinski definition) is 3. The van der Waals surface area contributed by atoms with E-state index in [4.69, 9.17) is 4.74 Å². The van der Waals surface area contributed by atoms with Gasteiger partial charge in [0, 0.05) is 33.4 Å². The Morgan fingerprint density at radius 3 is 3.00 bits per heavy atom. The number of fused-ring (bicyclic) bond motifs is 1. The molecule has 1 aliphatic heterocycles. The fourth-order valence-electron chi connectivity index (χ4n) is 2.46. The first-order valence-corrected chi connectivity index (χ1v) is 8.10. The Morgan fingerprint density at radius 2 is 2.21 bits per heavy atom. The second-order valence-corrected chi connectivity index (χ2v) is 6.73. The van der Waals surface area contributed by atoms with E-state index in [2.05, 4.69) is 57.8 Å². The van der Waals surface area contributed by atoms with E-state index in [0.29, 0.717) is 12.0 Å². The van der Waals surface area contributed by atoms with Gasteiger partial charge in [-0.2, -0.15) is 0 Å². The van der Waals surface area contributed by atoms with E-state index in [-0.39, 0.29) is 0 Å². The monoisotopic (exact) mass is 337 g/mol. The predicted octanol–water partition coefficient (Wildman–Crippen LogP) is 4.37. The van der Waals surface area contributed by atoms with Crippen molar-refractivity contribution in [3.8, 4) is 5.75 Å². The fourth-order valence-corrected chi connectivity index (χ4v) is 3.90. The van der Waals surface area contributed by atoms with Crippen LogP contribution >= 0.6 is 27.3 Å². The first-order valence-electron chi connectivity index (χ1n) is 6.42. The standard InChI is InChI=1S/C15H16BrNOS/c1-10-9-18-13-5-3-2-4-11(13)15(10)17-8-14-12(16)6-7-19-14/h2-7,10,15,17H,8-9H2,1H3. The molecule has 0 fully saturated rings. The number of nitrogens with one attached hydrogen (secondary N) is 1. The second kappa shape index (κ2) is 5.65. The Hall–Kier alpha value is -0.840. The van der Waals surface area contributed by atoms with Gasteiger partial charge in [-0.05, 0) is 33.4 Å². The van der Waals surface area contributed by atoms with Crippen molar-refractivity contribution in [3.63, 3.8) is 0 Å². The minimum absolute atomic E-state index is 0.360. The zero-order valence-corrected chi connectivity index (χ0v) is 13.1. The fraction of sp³-hybridized carbons (Fsp3) is 0.333. The van der Waals surface area contributed by atoms with Crippen molar-refractivity contribution in [3.05, 3.63) is 50.6 Å². The molecule has 100 valence electrons. The smallest absolute Gasteiger partial charge is 0.124 e. The summed E-state index contributed by atoms with van der Waals surface area (Å²) < 4.78 is 6.97. The normalized spacial score (nSPS) is 21.8. The van der Waals surface area contributed by atoms with Gasteiger partial charge in [0.25, 0.3) is 0 Å². The van der Waals surface area contributed by atoms with E-state index < -0.39 is 0 Å². The molecule has 0 saturated heterocycles. The van der Waals surface area contributed by atoms with Crippen LogP contribution in [0, 0.1) is 5.92 Å². The highest BCUT2D eigenvalue weighted by atomic mass is 79.9. The molecule has 0 amide bonds. The Bertz CT molecular complexity index is 569. The highest BCUT2D eigenvalue weighted by molar-refractivity contribution is 9.10. The van der Waals surface area contributed by atoms with Crippen molar-refractivity contribution in [2.75, 3.05) is 6.61 Å². The molecule has 0 radical (unpaired) electrons. The molecule has 19 heavy (non-hydrogen) atoms. The molecule has 0 aliphatic carbocycles. The van der Waals surface area contributed by atoms with Crippen LogP contribution in [0.25, 0.3) is 0 Å². The van der Waals surface area contributed by atoms with Gasteiger partial charge in [0.1, 0.15) is 5.75 Å². The minimum Gasteiger partial charge on any atom is -0.493 e. The van der Waals surface area contributed by atoms with Crippen molar-refractivity contribution in [2.45, 2.75) is 19.5 Å². The van der Waals surface area contributed by atoms with Gasteiger partial charge in [-0.3, -0.25) is 0 Å². The third-order valence-electron chi connectivity index (χ3n) is 3.50. The molecule has 1 N–H and O–H groups in total. The molecule has 2 atom stereocenters. The van der Waals surface area contributed by atoms with E-state index in [0.717, 1.165) is 18.9 Å². The van der Waals surface area contributed by atoms with Crippen molar-refractivity contribution < 1.29 is 4.74 Å². The summed E-state index contributed by atoms with van der Waals surface area (Å²) in [6.07, 6.45) is 0. The number of thiophene rings is 1. The summed E-state index contributed by atoms with van der Waals surface area (Å²) >= 11 is 5.36. The number of ether oxygens (including phenoxy) is 1. The highest BCUT2D eigenvalue weighted by Crippen LogP contribution is 2.35. The second-order valence-electron chi connectivity index (χ2n) is 4.88. The van der Waals surface area contributed by atoms with Gasteiger partial charge in [0.15, 0.2) is 0 Å². The van der Waals surface area contributed by atoms with Crippen LogP contribution in [0.1, 0.15) is 23.4 Å². The molecule has 0 saturated carbocycles. The van der Waals surface area contributed by atoms with Gasteiger partial charge in [-0.15, -0.1) is 11.3 Å². The molecule has 4 heteroatoms. The molecule has 1 aliphatic rings. The van der Waals surface area contributed by atoms with Crippen molar-refractivity contribution in [1.82, 2.24) is 5.32 Å². The molecule has 2 aromatic rings. The lowest BCUT2D eigenvalue weighted by atomic mass is 9.92. The summed E-state index contributed by atoms with van der Waals surface area (Å²) in [5, 5.41) is 5.78. The predicted molar refractivity (Wildman–Crippen MR) is 82.7 cm³/mol. The minimum atomic E-state index is 0.360. The van der Waals surface area contributed by atoms with Crippen LogP contribution in [-0.2, 0) is 6.54 Å². The number of para-hydroxylation sites is 1. The Kier molecular flexibility index (Phi) is 3.91. The number of benzene rings is 1. The molecular formula is C15H16BrNOS. The first kappa shape index (κ1) is 13.2. The van der Waals surface area contributed by atoms with Crippen molar-refractivity contribution >= 4 is 27.3 Å². The zero-order chi connectivity index (χ0) is 13.2. The summed E-state index contributed by atoms with van der Waals surface area (Å²) in [7, 11) is 0. The van der Waals surface area contributed by atoms with E-state index in [9.17, 15) is 0 Å².